The van der Waals surface area contributed by atoms with Gasteiger partial charge in [0.25, 0.3) is 0 Å². The molecule has 0 bridgehead atoms. The zero-order valence-corrected chi connectivity index (χ0v) is 16.1. The Morgan fingerprint density at radius 2 is 1.96 bits per heavy atom. The van der Waals surface area contributed by atoms with Crippen molar-refractivity contribution in [3.05, 3.63) is 47.5 Å². The first-order chi connectivity index (χ1) is 12.9. The molecule has 0 aliphatic heterocycles. The second kappa shape index (κ2) is 7.80. The second-order valence-corrected chi connectivity index (χ2v) is 6.79. The number of aliphatic hydroxyl groups excluding tert-OH is 1. The molecule has 3 rings (SSSR count). The highest BCUT2D eigenvalue weighted by molar-refractivity contribution is 5.93. The molecule has 0 spiro atoms. The third-order valence-corrected chi connectivity index (χ3v) is 4.52. The first-order valence-corrected chi connectivity index (χ1v) is 9.09. The fourth-order valence-corrected chi connectivity index (χ4v) is 3.15. The van der Waals surface area contributed by atoms with Crippen LogP contribution in [0.15, 0.2) is 30.6 Å². The van der Waals surface area contributed by atoms with E-state index in [0.29, 0.717) is 17.9 Å². The van der Waals surface area contributed by atoms with E-state index in [0.717, 1.165) is 39.7 Å². The van der Waals surface area contributed by atoms with Crippen LogP contribution in [0.5, 0.6) is 0 Å². The van der Waals surface area contributed by atoms with E-state index in [1.807, 2.05) is 39.0 Å². The van der Waals surface area contributed by atoms with Crippen LogP contribution in [0, 0.1) is 13.8 Å². The minimum absolute atomic E-state index is 0.156. The molecule has 0 aromatic carbocycles. The third-order valence-electron chi connectivity index (χ3n) is 4.52. The van der Waals surface area contributed by atoms with Crippen molar-refractivity contribution in [2.45, 2.75) is 46.6 Å². The van der Waals surface area contributed by atoms with E-state index in [2.05, 4.69) is 15.3 Å². The van der Waals surface area contributed by atoms with E-state index in [9.17, 15) is 9.90 Å². The zero-order chi connectivity index (χ0) is 19.6. The summed E-state index contributed by atoms with van der Waals surface area (Å²) in [5, 5.41) is 14.7. The van der Waals surface area contributed by atoms with Gasteiger partial charge in [-0.3, -0.25) is 14.8 Å². The quantitative estimate of drug-likeness (QED) is 0.711. The number of hydrogen-bond acceptors (Lipinski definition) is 5. The number of aromatic nitrogens is 3. The van der Waals surface area contributed by atoms with Crippen LogP contribution in [0.1, 0.15) is 49.7 Å². The summed E-state index contributed by atoms with van der Waals surface area (Å²) in [5.74, 6) is 0.357. The Bertz CT molecular complexity index is 1000. The molecular formula is C21H24N4O2. The average molecular weight is 364 g/mol. The maximum atomic E-state index is 11.2. The predicted octanol–water partition coefficient (Wildman–Crippen LogP) is 4.10. The highest BCUT2D eigenvalue weighted by Gasteiger charge is 2.13. The Morgan fingerprint density at radius 3 is 2.63 bits per heavy atom. The van der Waals surface area contributed by atoms with E-state index in [1.165, 1.54) is 6.92 Å². The molecule has 1 atom stereocenters. The van der Waals surface area contributed by atoms with Gasteiger partial charge in [-0.15, -0.1) is 0 Å². The molecule has 0 unspecified atom stereocenters. The average Bonchev–Trinajstić information content (AvgIpc) is 2.61. The minimum Gasteiger partial charge on any atom is -0.387 e. The maximum Gasteiger partial charge on any atom is 0.222 e. The third kappa shape index (κ3) is 4.11. The fraction of sp³-hybridized carbons (Fsp3) is 0.333. The van der Waals surface area contributed by atoms with Gasteiger partial charge in [0.05, 0.1) is 17.5 Å². The van der Waals surface area contributed by atoms with Gasteiger partial charge in [-0.1, -0.05) is 13.3 Å². The Labute approximate surface area is 158 Å². The number of carbonyl (C=O) groups excluding carboxylic acids is 1. The van der Waals surface area contributed by atoms with Gasteiger partial charge in [0, 0.05) is 41.3 Å². The molecule has 3 aromatic heterocycles. The van der Waals surface area contributed by atoms with Gasteiger partial charge in [0.2, 0.25) is 5.91 Å². The number of aliphatic hydroxyl groups is 1. The first kappa shape index (κ1) is 18.9. The number of pyridine rings is 3. The predicted molar refractivity (Wildman–Crippen MR) is 106 cm³/mol. The van der Waals surface area contributed by atoms with Crippen LogP contribution in [0.4, 0.5) is 5.82 Å². The number of nitrogens with zero attached hydrogens (tertiary/aromatic N) is 3. The number of fused-ring (bicyclic) bond motifs is 1. The van der Waals surface area contributed by atoms with E-state index < -0.39 is 6.10 Å². The molecule has 0 saturated heterocycles. The van der Waals surface area contributed by atoms with E-state index in [-0.39, 0.29) is 5.91 Å². The summed E-state index contributed by atoms with van der Waals surface area (Å²) in [6, 6.07) is 5.73. The molecule has 3 aromatic rings. The number of anilines is 1. The van der Waals surface area contributed by atoms with E-state index in [1.54, 1.807) is 12.4 Å². The molecule has 6 heteroatoms. The number of carbonyl (C=O) groups is 1. The van der Waals surface area contributed by atoms with Gasteiger partial charge in [0.15, 0.2) is 0 Å². The van der Waals surface area contributed by atoms with Crippen molar-refractivity contribution in [1.29, 1.82) is 0 Å². The molecule has 0 aliphatic carbocycles. The molecular weight excluding hydrogens is 340 g/mol. The largest absolute Gasteiger partial charge is 0.387 e. The number of hydrogen-bond donors (Lipinski definition) is 2. The van der Waals surface area contributed by atoms with Crippen molar-refractivity contribution in [2.24, 2.45) is 0 Å². The Balaban J connectivity index is 2.01. The lowest BCUT2D eigenvalue weighted by Crippen LogP contribution is -2.07. The topological polar surface area (TPSA) is 88.0 Å². The lowest BCUT2D eigenvalue weighted by molar-refractivity contribution is -0.114. The second-order valence-electron chi connectivity index (χ2n) is 6.79. The number of nitrogens with one attached hydrogen (secondary N) is 1. The zero-order valence-electron chi connectivity index (χ0n) is 16.1. The Morgan fingerprint density at radius 1 is 1.19 bits per heavy atom. The van der Waals surface area contributed by atoms with Gasteiger partial charge in [-0.05, 0) is 44.0 Å². The normalized spacial score (nSPS) is 12.2. The molecule has 140 valence electrons. The molecule has 0 saturated carbocycles. The summed E-state index contributed by atoms with van der Waals surface area (Å²) in [6.07, 6.45) is 4.58. The minimum atomic E-state index is -0.537. The Hall–Kier alpha value is -2.86. The summed E-state index contributed by atoms with van der Waals surface area (Å²) in [5.41, 5.74) is 4.31. The summed E-state index contributed by atoms with van der Waals surface area (Å²) in [6.45, 7) is 7.43. The SMILES string of the molecule is CCC[C@@H](O)c1cc(C)c(-c2cc3cnc(NC(C)=O)cc3c(C)n2)cn1. The van der Waals surface area contributed by atoms with E-state index >= 15 is 0 Å². The van der Waals surface area contributed by atoms with Crippen LogP contribution in [0.2, 0.25) is 0 Å². The van der Waals surface area contributed by atoms with Crippen molar-refractivity contribution in [1.82, 2.24) is 15.0 Å². The molecule has 3 heterocycles. The van der Waals surface area contributed by atoms with Crippen molar-refractivity contribution in [3.8, 4) is 11.3 Å². The molecule has 27 heavy (non-hydrogen) atoms. The molecule has 0 fully saturated rings. The molecule has 0 radical (unpaired) electrons. The summed E-state index contributed by atoms with van der Waals surface area (Å²) in [7, 11) is 0. The smallest absolute Gasteiger partial charge is 0.222 e. The van der Waals surface area contributed by atoms with E-state index in [4.69, 9.17) is 4.98 Å². The van der Waals surface area contributed by atoms with Crippen molar-refractivity contribution in [2.75, 3.05) is 5.32 Å². The highest BCUT2D eigenvalue weighted by atomic mass is 16.3. The summed E-state index contributed by atoms with van der Waals surface area (Å²) in [4.78, 5) is 24.7. The van der Waals surface area contributed by atoms with Crippen molar-refractivity contribution in [3.63, 3.8) is 0 Å². The van der Waals surface area contributed by atoms with Crippen LogP contribution in [0.3, 0.4) is 0 Å². The molecule has 6 nitrogen and oxygen atoms in total. The first-order valence-electron chi connectivity index (χ1n) is 9.09. The lowest BCUT2D eigenvalue weighted by Gasteiger charge is -2.13. The summed E-state index contributed by atoms with van der Waals surface area (Å²) >= 11 is 0. The standard InChI is InChI=1S/C21H24N4O2/c1-5-6-20(27)19-7-12(2)17(11-22-19)18-8-15-10-23-21(25-14(4)26)9-16(15)13(3)24-18/h7-11,20,27H,5-6H2,1-4H3,(H,23,25,26)/t20-/m1/s1. The van der Waals surface area contributed by atoms with Crippen molar-refractivity contribution >= 4 is 22.5 Å². The van der Waals surface area contributed by atoms with Gasteiger partial charge in [-0.2, -0.15) is 0 Å². The monoisotopic (exact) mass is 364 g/mol. The lowest BCUT2D eigenvalue weighted by atomic mass is 10.0. The Kier molecular flexibility index (Phi) is 5.46. The van der Waals surface area contributed by atoms with Gasteiger partial charge < -0.3 is 10.4 Å². The van der Waals surface area contributed by atoms with Gasteiger partial charge in [-0.25, -0.2) is 4.98 Å². The van der Waals surface area contributed by atoms with Crippen LogP contribution >= 0.6 is 0 Å². The van der Waals surface area contributed by atoms with Crippen LogP contribution in [-0.4, -0.2) is 26.0 Å². The number of aryl methyl sites for hydroxylation is 2. The van der Waals surface area contributed by atoms with Crippen LogP contribution < -0.4 is 5.32 Å². The highest BCUT2D eigenvalue weighted by Crippen LogP contribution is 2.29. The summed E-state index contributed by atoms with van der Waals surface area (Å²) < 4.78 is 0. The van der Waals surface area contributed by atoms with Crippen molar-refractivity contribution < 1.29 is 9.90 Å². The molecule has 1 amide bonds. The molecule has 0 aliphatic rings. The van der Waals surface area contributed by atoms with Gasteiger partial charge in [0.1, 0.15) is 5.82 Å². The van der Waals surface area contributed by atoms with Gasteiger partial charge >= 0.3 is 0 Å². The molecule has 2 N–H and O–H groups in total. The van der Waals surface area contributed by atoms with Crippen LogP contribution in [0.25, 0.3) is 22.0 Å². The maximum absolute atomic E-state index is 11.2. The van der Waals surface area contributed by atoms with Crippen LogP contribution in [-0.2, 0) is 4.79 Å². The number of amides is 1. The fourth-order valence-electron chi connectivity index (χ4n) is 3.15. The number of rotatable bonds is 5.